The molecule has 3 rings (SSSR count). The summed E-state index contributed by atoms with van der Waals surface area (Å²) in [5, 5.41) is 14.8. The highest BCUT2D eigenvalue weighted by Crippen LogP contribution is 2.42. The second-order valence-corrected chi connectivity index (χ2v) is 6.72. The molecule has 2 heterocycles. The molecule has 0 radical (unpaired) electrons. The van der Waals surface area contributed by atoms with E-state index in [0.29, 0.717) is 18.0 Å². The maximum atomic E-state index is 12.6. The highest BCUT2D eigenvalue weighted by atomic mass is 35.5. The van der Waals surface area contributed by atoms with Crippen molar-refractivity contribution in [3.8, 4) is 0 Å². The standard InChI is InChI=1S/C15H22ClN3O3/c1-10-12(16)8-18(17-10)9-14(21)19-6-5-15(22-2)4-3-11(20)7-13(15)19/h8,11,13,20H,3-7,9H2,1-2H3/t11-,13-,15+/m0/s1. The SMILES string of the molecule is CO[C@@]12CC[C@H](O)C[C@@H]1N(C(=O)Cn1cc(Cl)c(C)n1)CC2. The third kappa shape index (κ3) is 2.64. The Hall–Kier alpha value is -1.11. The molecule has 122 valence electrons. The van der Waals surface area contributed by atoms with Crippen LogP contribution < -0.4 is 0 Å². The van der Waals surface area contributed by atoms with E-state index in [9.17, 15) is 9.90 Å². The lowest BCUT2D eigenvalue weighted by atomic mass is 9.79. The third-order valence-electron chi connectivity index (χ3n) is 5.07. The van der Waals surface area contributed by atoms with Gasteiger partial charge in [-0.3, -0.25) is 9.48 Å². The number of aliphatic hydroxyl groups is 1. The van der Waals surface area contributed by atoms with E-state index in [1.165, 1.54) is 0 Å². The first-order valence-electron chi connectivity index (χ1n) is 7.67. The molecule has 1 N–H and O–H groups in total. The Kier molecular flexibility index (Phi) is 4.18. The van der Waals surface area contributed by atoms with Crippen molar-refractivity contribution >= 4 is 17.5 Å². The summed E-state index contributed by atoms with van der Waals surface area (Å²) < 4.78 is 7.33. The minimum absolute atomic E-state index is 0.00260. The molecule has 0 unspecified atom stereocenters. The molecule has 1 aromatic heterocycles. The van der Waals surface area contributed by atoms with Crippen LogP contribution in [-0.2, 0) is 16.1 Å². The monoisotopic (exact) mass is 327 g/mol. The van der Waals surface area contributed by atoms with Gasteiger partial charge in [-0.05, 0) is 32.6 Å². The average molecular weight is 328 g/mol. The molecule has 2 fully saturated rings. The smallest absolute Gasteiger partial charge is 0.244 e. The van der Waals surface area contributed by atoms with Gasteiger partial charge >= 0.3 is 0 Å². The largest absolute Gasteiger partial charge is 0.393 e. The van der Waals surface area contributed by atoms with E-state index < -0.39 is 0 Å². The number of carbonyl (C=O) groups is 1. The highest BCUT2D eigenvalue weighted by molar-refractivity contribution is 6.31. The van der Waals surface area contributed by atoms with Crippen molar-refractivity contribution in [1.82, 2.24) is 14.7 Å². The number of methoxy groups -OCH3 is 1. The molecule has 1 aliphatic carbocycles. The van der Waals surface area contributed by atoms with E-state index in [0.717, 1.165) is 25.0 Å². The molecule has 0 aromatic carbocycles. The number of halogens is 1. The van der Waals surface area contributed by atoms with E-state index in [1.807, 2.05) is 11.8 Å². The van der Waals surface area contributed by atoms with Crippen LogP contribution in [0.4, 0.5) is 0 Å². The Morgan fingerprint density at radius 2 is 2.36 bits per heavy atom. The predicted molar refractivity (Wildman–Crippen MR) is 81.7 cm³/mol. The fourth-order valence-electron chi connectivity index (χ4n) is 3.78. The summed E-state index contributed by atoms with van der Waals surface area (Å²) in [5.41, 5.74) is 0.419. The van der Waals surface area contributed by atoms with Crippen LogP contribution in [0.15, 0.2) is 6.20 Å². The Morgan fingerprint density at radius 3 is 3.00 bits per heavy atom. The molecule has 6 nitrogen and oxygen atoms in total. The topological polar surface area (TPSA) is 67.6 Å². The van der Waals surface area contributed by atoms with Crippen LogP contribution >= 0.6 is 11.6 Å². The van der Waals surface area contributed by atoms with Crippen molar-refractivity contribution in [3.63, 3.8) is 0 Å². The lowest BCUT2D eigenvalue weighted by Gasteiger charge is -2.42. The summed E-state index contributed by atoms with van der Waals surface area (Å²) in [4.78, 5) is 14.5. The molecule has 1 amide bonds. The number of ether oxygens (including phenoxy) is 1. The first kappa shape index (κ1) is 15.8. The maximum Gasteiger partial charge on any atom is 0.244 e. The van der Waals surface area contributed by atoms with Crippen LogP contribution in [-0.4, -0.2) is 57.1 Å². The molecule has 1 saturated heterocycles. The van der Waals surface area contributed by atoms with E-state index in [-0.39, 0.29) is 30.2 Å². The second kappa shape index (κ2) is 5.83. The predicted octanol–water partition coefficient (Wildman–Crippen LogP) is 1.38. The minimum atomic E-state index is -0.358. The molecule has 1 saturated carbocycles. The van der Waals surface area contributed by atoms with Crippen molar-refractivity contribution in [2.75, 3.05) is 13.7 Å². The number of hydrogen-bond donors (Lipinski definition) is 1. The lowest BCUT2D eigenvalue weighted by Crippen LogP contribution is -2.53. The number of aryl methyl sites for hydroxylation is 1. The molecule has 1 aromatic rings. The van der Waals surface area contributed by atoms with Crippen molar-refractivity contribution in [2.45, 2.75) is 56.9 Å². The zero-order valence-electron chi connectivity index (χ0n) is 13.0. The van der Waals surface area contributed by atoms with Crippen molar-refractivity contribution in [1.29, 1.82) is 0 Å². The van der Waals surface area contributed by atoms with Gasteiger partial charge in [0.1, 0.15) is 6.54 Å². The Labute approximate surface area is 135 Å². The van der Waals surface area contributed by atoms with Gasteiger partial charge in [-0.1, -0.05) is 11.6 Å². The Bertz CT molecular complexity index is 557. The van der Waals surface area contributed by atoms with Gasteiger partial charge in [-0.2, -0.15) is 5.10 Å². The zero-order valence-corrected chi connectivity index (χ0v) is 13.7. The van der Waals surface area contributed by atoms with Gasteiger partial charge in [0.25, 0.3) is 0 Å². The number of amides is 1. The second-order valence-electron chi connectivity index (χ2n) is 6.31. The zero-order chi connectivity index (χ0) is 15.9. The van der Waals surface area contributed by atoms with Crippen LogP contribution in [0, 0.1) is 6.92 Å². The summed E-state index contributed by atoms with van der Waals surface area (Å²) in [5.74, 6) is -0.00260. The number of fused-ring (bicyclic) bond motifs is 1. The van der Waals surface area contributed by atoms with Gasteiger partial charge in [0.2, 0.25) is 5.91 Å². The van der Waals surface area contributed by atoms with E-state index in [1.54, 1.807) is 18.0 Å². The van der Waals surface area contributed by atoms with Crippen molar-refractivity contribution < 1.29 is 14.6 Å². The summed E-state index contributed by atoms with van der Waals surface area (Å²) >= 11 is 5.99. The number of aliphatic hydroxyl groups excluding tert-OH is 1. The number of carbonyl (C=O) groups excluding carboxylic acids is 1. The summed E-state index contributed by atoms with van der Waals surface area (Å²) in [6, 6.07) is -0.0547. The summed E-state index contributed by atoms with van der Waals surface area (Å²) in [7, 11) is 1.70. The molecule has 0 spiro atoms. The number of aromatic nitrogens is 2. The van der Waals surface area contributed by atoms with E-state index in [2.05, 4.69) is 5.10 Å². The molecule has 3 atom stereocenters. The van der Waals surface area contributed by atoms with Crippen LogP contribution in [0.5, 0.6) is 0 Å². The normalized spacial score (nSPS) is 31.4. The fourth-order valence-corrected chi connectivity index (χ4v) is 3.93. The number of nitrogens with zero attached hydrogens (tertiary/aromatic N) is 3. The van der Waals surface area contributed by atoms with E-state index >= 15 is 0 Å². The lowest BCUT2D eigenvalue weighted by molar-refractivity contribution is -0.140. The Morgan fingerprint density at radius 1 is 1.59 bits per heavy atom. The van der Waals surface area contributed by atoms with Gasteiger partial charge in [0, 0.05) is 19.9 Å². The van der Waals surface area contributed by atoms with Crippen LogP contribution in [0.3, 0.4) is 0 Å². The molecule has 1 aliphatic heterocycles. The molecule has 0 bridgehead atoms. The van der Waals surface area contributed by atoms with Gasteiger partial charge in [0.15, 0.2) is 0 Å². The first-order chi connectivity index (χ1) is 10.4. The average Bonchev–Trinajstić information content (AvgIpc) is 3.00. The number of hydrogen-bond acceptors (Lipinski definition) is 4. The third-order valence-corrected chi connectivity index (χ3v) is 5.44. The Balaban J connectivity index is 1.75. The fraction of sp³-hybridized carbons (Fsp3) is 0.733. The molecular formula is C15H22ClN3O3. The number of rotatable bonds is 3. The molecular weight excluding hydrogens is 306 g/mol. The highest BCUT2D eigenvalue weighted by Gasteiger charge is 2.52. The molecule has 22 heavy (non-hydrogen) atoms. The molecule has 2 aliphatic rings. The van der Waals surface area contributed by atoms with Crippen molar-refractivity contribution in [3.05, 3.63) is 16.9 Å². The minimum Gasteiger partial charge on any atom is -0.393 e. The van der Waals surface area contributed by atoms with Crippen LogP contribution in [0.25, 0.3) is 0 Å². The first-order valence-corrected chi connectivity index (χ1v) is 8.05. The van der Waals surface area contributed by atoms with Crippen molar-refractivity contribution in [2.24, 2.45) is 0 Å². The van der Waals surface area contributed by atoms with Gasteiger partial charge < -0.3 is 14.7 Å². The van der Waals surface area contributed by atoms with Gasteiger partial charge in [0.05, 0.1) is 28.5 Å². The van der Waals surface area contributed by atoms with E-state index in [4.69, 9.17) is 16.3 Å². The summed E-state index contributed by atoms with van der Waals surface area (Å²) in [6.07, 6.45) is 4.25. The van der Waals surface area contributed by atoms with Crippen LogP contribution in [0.2, 0.25) is 5.02 Å². The van der Waals surface area contributed by atoms with Gasteiger partial charge in [-0.15, -0.1) is 0 Å². The van der Waals surface area contributed by atoms with Crippen LogP contribution in [0.1, 0.15) is 31.4 Å². The summed E-state index contributed by atoms with van der Waals surface area (Å²) in [6.45, 7) is 2.64. The molecule has 7 heteroatoms. The quantitative estimate of drug-likeness (QED) is 0.910. The van der Waals surface area contributed by atoms with Gasteiger partial charge in [-0.25, -0.2) is 0 Å². The number of likely N-dealkylation sites (tertiary alicyclic amines) is 1. The maximum absolute atomic E-state index is 12.6.